The highest BCUT2D eigenvalue weighted by molar-refractivity contribution is 5.38. The van der Waals surface area contributed by atoms with Gasteiger partial charge in [-0.25, -0.2) is 4.98 Å². The van der Waals surface area contributed by atoms with E-state index in [0.717, 1.165) is 43.0 Å². The molecule has 2 saturated carbocycles. The number of nitrogens with two attached hydrogens (primary N) is 1. The Kier molecular flexibility index (Phi) is 4.52. The average Bonchev–Trinajstić information content (AvgIpc) is 3.27. The van der Waals surface area contributed by atoms with Gasteiger partial charge in [0, 0.05) is 24.8 Å². The smallest absolute Gasteiger partial charge is 0.261 e. The van der Waals surface area contributed by atoms with Gasteiger partial charge in [0.2, 0.25) is 5.75 Å². The van der Waals surface area contributed by atoms with Crippen LogP contribution in [0.1, 0.15) is 54.9 Å². The van der Waals surface area contributed by atoms with E-state index in [2.05, 4.69) is 20.2 Å². The molecule has 8 nitrogen and oxygen atoms in total. The number of methoxy groups -OCH3 is 1. The molecule has 0 spiro atoms. The summed E-state index contributed by atoms with van der Waals surface area (Å²) in [6, 6.07) is 0. The lowest BCUT2D eigenvalue weighted by atomic mass is 10.0. The van der Waals surface area contributed by atoms with Crippen molar-refractivity contribution in [1.29, 1.82) is 0 Å². The lowest BCUT2D eigenvalue weighted by molar-refractivity contribution is 0.147. The molecule has 8 heteroatoms. The van der Waals surface area contributed by atoms with Crippen LogP contribution in [0.3, 0.4) is 0 Å². The zero-order valence-electron chi connectivity index (χ0n) is 15.6. The van der Waals surface area contributed by atoms with Crippen LogP contribution in [0.5, 0.6) is 11.6 Å². The van der Waals surface area contributed by atoms with Crippen LogP contribution in [0.4, 0.5) is 0 Å². The van der Waals surface area contributed by atoms with Crippen molar-refractivity contribution in [2.75, 3.05) is 13.7 Å². The molecule has 0 amide bonds. The molecular formula is C18H26N6O2. The summed E-state index contributed by atoms with van der Waals surface area (Å²) in [7, 11) is 3.60. The second-order valence-corrected chi connectivity index (χ2v) is 7.40. The lowest BCUT2D eigenvalue weighted by Crippen LogP contribution is -2.28. The molecular weight excluding hydrogens is 332 g/mol. The Morgan fingerprint density at radius 2 is 2.04 bits per heavy atom. The Bertz CT molecular complexity index is 788. The minimum absolute atomic E-state index is 0.0167. The summed E-state index contributed by atoms with van der Waals surface area (Å²) in [5, 5.41) is 8.27. The SMILES string of the molecule is COc1c(C)nc(C2CC2)nc1O[C@@H]1C[C@@H](c2nncn2C)C[C@@H]1CN. The van der Waals surface area contributed by atoms with Crippen molar-refractivity contribution >= 4 is 0 Å². The minimum atomic E-state index is -0.0167. The van der Waals surface area contributed by atoms with Gasteiger partial charge in [-0.05, 0) is 39.2 Å². The standard InChI is InChI=1S/C18H26N6O2/c1-10-15(25-3)18(22-16(21-10)11-4-5-11)26-14-7-12(6-13(14)8-19)17-23-20-9-24(17)2/h9,11-14H,4-8,19H2,1-3H3/t12-,13+,14+/m0/s1. The van der Waals surface area contributed by atoms with Gasteiger partial charge in [-0.1, -0.05) is 0 Å². The highest BCUT2D eigenvalue weighted by Crippen LogP contribution is 2.43. The summed E-state index contributed by atoms with van der Waals surface area (Å²) in [5.41, 5.74) is 6.86. The molecule has 2 aromatic rings. The third kappa shape index (κ3) is 3.13. The molecule has 2 heterocycles. The quantitative estimate of drug-likeness (QED) is 0.838. The molecule has 0 radical (unpaired) electrons. The van der Waals surface area contributed by atoms with Crippen LogP contribution in [0, 0.1) is 12.8 Å². The number of nitrogens with zero attached hydrogens (tertiary/aromatic N) is 5. The lowest BCUT2D eigenvalue weighted by Gasteiger charge is -2.21. The van der Waals surface area contributed by atoms with Crippen molar-refractivity contribution in [1.82, 2.24) is 24.7 Å². The Labute approximate surface area is 153 Å². The zero-order chi connectivity index (χ0) is 18.3. The van der Waals surface area contributed by atoms with E-state index in [0.29, 0.717) is 24.1 Å². The van der Waals surface area contributed by atoms with E-state index in [9.17, 15) is 0 Å². The van der Waals surface area contributed by atoms with Crippen molar-refractivity contribution in [2.45, 2.75) is 50.5 Å². The van der Waals surface area contributed by atoms with Gasteiger partial charge in [0.25, 0.3) is 5.88 Å². The fourth-order valence-electron chi connectivity index (χ4n) is 3.89. The monoisotopic (exact) mass is 358 g/mol. The molecule has 0 unspecified atom stereocenters. The Morgan fingerprint density at radius 3 is 2.65 bits per heavy atom. The Morgan fingerprint density at radius 1 is 1.23 bits per heavy atom. The zero-order valence-corrected chi connectivity index (χ0v) is 15.6. The molecule has 2 aromatic heterocycles. The van der Waals surface area contributed by atoms with Crippen LogP contribution in [0.15, 0.2) is 6.33 Å². The molecule has 2 aliphatic rings. The summed E-state index contributed by atoms with van der Waals surface area (Å²) in [6.07, 6.45) is 5.80. The Hall–Kier alpha value is -2.22. The second-order valence-electron chi connectivity index (χ2n) is 7.40. The fourth-order valence-corrected chi connectivity index (χ4v) is 3.89. The van der Waals surface area contributed by atoms with Gasteiger partial charge in [-0.15, -0.1) is 10.2 Å². The van der Waals surface area contributed by atoms with Crippen molar-refractivity contribution in [3.05, 3.63) is 23.7 Å². The molecule has 4 rings (SSSR count). The molecule has 0 aromatic carbocycles. The van der Waals surface area contributed by atoms with Crippen LogP contribution in [-0.2, 0) is 7.05 Å². The van der Waals surface area contributed by atoms with Crippen molar-refractivity contribution < 1.29 is 9.47 Å². The summed E-state index contributed by atoms with van der Waals surface area (Å²) >= 11 is 0. The summed E-state index contributed by atoms with van der Waals surface area (Å²) in [6.45, 7) is 2.51. The maximum absolute atomic E-state index is 6.35. The van der Waals surface area contributed by atoms with Gasteiger partial charge in [-0.3, -0.25) is 0 Å². The highest BCUT2D eigenvalue weighted by atomic mass is 16.5. The molecule has 26 heavy (non-hydrogen) atoms. The molecule has 2 fully saturated rings. The first-order valence-electron chi connectivity index (χ1n) is 9.23. The normalized spacial score (nSPS) is 25.5. The van der Waals surface area contributed by atoms with Crippen molar-refractivity contribution in [3.63, 3.8) is 0 Å². The van der Waals surface area contributed by atoms with E-state index in [-0.39, 0.29) is 17.9 Å². The highest BCUT2D eigenvalue weighted by Gasteiger charge is 2.39. The van der Waals surface area contributed by atoms with Gasteiger partial charge in [0.05, 0.1) is 12.8 Å². The molecule has 2 aliphatic carbocycles. The average molecular weight is 358 g/mol. The third-order valence-corrected chi connectivity index (χ3v) is 5.48. The molecule has 140 valence electrons. The first kappa shape index (κ1) is 17.2. The maximum Gasteiger partial charge on any atom is 0.261 e. The van der Waals surface area contributed by atoms with Crippen LogP contribution < -0.4 is 15.2 Å². The van der Waals surface area contributed by atoms with Crippen LogP contribution >= 0.6 is 0 Å². The summed E-state index contributed by atoms with van der Waals surface area (Å²) < 4.78 is 13.8. The van der Waals surface area contributed by atoms with Crippen LogP contribution in [0.2, 0.25) is 0 Å². The predicted molar refractivity (Wildman–Crippen MR) is 95.2 cm³/mol. The number of hydrogen-bond acceptors (Lipinski definition) is 7. The molecule has 0 aliphatic heterocycles. The number of hydrogen-bond donors (Lipinski definition) is 1. The summed E-state index contributed by atoms with van der Waals surface area (Å²) in [5.74, 6) is 4.02. The van der Waals surface area contributed by atoms with Crippen LogP contribution in [0.25, 0.3) is 0 Å². The molecule has 0 bridgehead atoms. The second kappa shape index (κ2) is 6.83. The van der Waals surface area contributed by atoms with E-state index in [1.807, 2.05) is 18.5 Å². The fraction of sp³-hybridized carbons (Fsp3) is 0.667. The van der Waals surface area contributed by atoms with Crippen molar-refractivity contribution in [2.24, 2.45) is 18.7 Å². The van der Waals surface area contributed by atoms with Gasteiger partial charge in [-0.2, -0.15) is 4.98 Å². The van der Waals surface area contributed by atoms with E-state index in [1.165, 1.54) is 0 Å². The Balaban J connectivity index is 1.58. The number of aryl methyl sites for hydroxylation is 2. The predicted octanol–water partition coefficient (Wildman–Crippen LogP) is 1.70. The van der Waals surface area contributed by atoms with Crippen molar-refractivity contribution in [3.8, 4) is 11.6 Å². The number of aromatic nitrogens is 5. The van der Waals surface area contributed by atoms with Crippen LogP contribution in [-0.4, -0.2) is 44.5 Å². The maximum atomic E-state index is 6.35. The summed E-state index contributed by atoms with van der Waals surface area (Å²) in [4.78, 5) is 9.26. The number of ether oxygens (including phenoxy) is 2. The van der Waals surface area contributed by atoms with E-state index < -0.39 is 0 Å². The first-order valence-corrected chi connectivity index (χ1v) is 9.23. The largest absolute Gasteiger partial charge is 0.490 e. The minimum Gasteiger partial charge on any atom is -0.490 e. The first-order chi connectivity index (χ1) is 12.6. The molecule has 3 atom stereocenters. The van der Waals surface area contributed by atoms with E-state index >= 15 is 0 Å². The van der Waals surface area contributed by atoms with E-state index in [4.69, 9.17) is 15.2 Å². The van der Waals surface area contributed by atoms with Gasteiger partial charge >= 0.3 is 0 Å². The molecule has 0 saturated heterocycles. The van der Waals surface area contributed by atoms with Gasteiger partial charge < -0.3 is 19.8 Å². The van der Waals surface area contributed by atoms with Gasteiger partial charge in [0.15, 0.2) is 0 Å². The topological polar surface area (TPSA) is 101 Å². The van der Waals surface area contributed by atoms with E-state index in [1.54, 1.807) is 13.4 Å². The third-order valence-electron chi connectivity index (χ3n) is 5.48. The van der Waals surface area contributed by atoms with Gasteiger partial charge in [0.1, 0.15) is 24.1 Å². The molecule has 2 N–H and O–H groups in total. The number of rotatable bonds is 6.